The molecule has 1 atom stereocenters. The van der Waals surface area contributed by atoms with Gasteiger partial charge in [-0.25, -0.2) is 0 Å². The minimum Gasteiger partial charge on any atom is -0.504 e. The summed E-state index contributed by atoms with van der Waals surface area (Å²) in [4.78, 5) is 2.55. The molecule has 0 bridgehead atoms. The first-order valence-corrected chi connectivity index (χ1v) is 8.22. The lowest BCUT2D eigenvalue weighted by atomic mass is 9.80. The highest BCUT2D eigenvalue weighted by molar-refractivity contribution is 5.41. The van der Waals surface area contributed by atoms with Gasteiger partial charge in [-0.15, -0.1) is 0 Å². The molecule has 4 heteroatoms. The molecule has 1 aromatic rings. The fraction of sp³-hybridized carbons (Fsp3) is 0.647. The number of nitrogens with one attached hydrogen (secondary N) is 1. The van der Waals surface area contributed by atoms with Crippen molar-refractivity contribution >= 4 is 0 Å². The second-order valence-corrected chi connectivity index (χ2v) is 6.38. The zero-order chi connectivity index (χ0) is 14.7. The van der Waals surface area contributed by atoms with Crippen LogP contribution in [0.5, 0.6) is 11.5 Å². The molecule has 0 unspecified atom stereocenters. The van der Waals surface area contributed by atoms with E-state index in [9.17, 15) is 10.2 Å². The van der Waals surface area contributed by atoms with Gasteiger partial charge in [0.15, 0.2) is 11.5 Å². The fourth-order valence-electron chi connectivity index (χ4n) is 3.92. The highest BCUT2D eigenvalue weighted by atomic mass is 16.3. The Morgan fingerprint density at radius 3 is 2.38 bits per heavy atom. The van der Waals surface area contributed by atoms with E-state index in [0.717, 1.165) is 31.7 Å². The van der Waals surface area contributed by atoms with Gasteiger partial charge in [0.05, 0.1) is 0 Å². The third kappa shape index (κ3) is 3.33. The third-order valence-corrected chi connectivity index (χ3v) is 4.98. The summed E-state index contributed by atoms with van der Waals surface area (Å²) in [6.45, 7) is 4.19. The van der Waals surface area contributed by atoms with Crippen LogP contribution in [-0.2, 0) is 0 Å². The van der Waals surface area contributed by atoms with Crippen LogP contribution in [0.1, 0.15) is 43.7 Å². The molecule has 1 aliphatic carbocycles. The van der Waals surface area contributed by atoms with E-state index < -0.39 is 0 Å². The van der Waals surface area contributed by atoms with Crippen LogP contribution in [0.25, 0.3) is 0 Å². The fourth-order valence-corrected chi connectivity index (χ4v) is 3.92. The van der Waals surface area contributed by atoms with Gasteiger partial charge in [0.25, 0.3) is 0 Å². The highest BCUT2D eigenvalue weighted by Gasteiger charge is 2.31. The number of phenols is 2. The number of piperazine rings is 1. The number of phenolic OH excluding ortho intramolecular Hbond substituents is 2. The van der Waals surface area contributed by atoms with Gasteiger partial charge >= 0.3 is 0 Å². The van der Waals surface area contributed by atoms with Gasteiger partial charge in [-0.05, 0) is 36.5 Å². The van der Waals surface area contributed by atoms with E-state index in [1.807, 2.05) is 6.07 Å². The maximum Gasteiger partial charge on any atom is 0.157 e. The summed E-state index contributed by atoms with van der Waals surface area (Å²) in [5, 5.41) is 22.9. The molecule has 21 heavy (non-hydrogen) atoms. The minimum absolute atomic E-state index is 0.00319. The molecule has 1 saturated carbocycles. The molecule has 3 rings (SSSR count). The summed E-state index contributed by atoms with van der Waals surface area (Å²) in [7, 11) is 0. The molecule has 1 aliphatic heterocycles. The predicted molar refractivity (Wildman–Crippen MR) is 83.5 cm³/mol. The van der Waals surface area contributed by atoms with Crippen molar-refractivity contribution in [2.24, 2.45) is 5.92 Å². The van der Waals surface area contributed by atoms with Crippen LogP contribution in [0.4, 0.5) is 0 Å². The molecule has 1 saturated heterocycles. The number of nitrogens with zero attached hydrogens (tertiary/aromatic N) is 1. The van der Waals surface area contributed by atoms with Crippen molar-refractivity contribution in [2.45, 2.75) is 38.1 Å². The van der Waals surface area contributed by atoms with Crippen molar-refractivity contribution < 1.29 is 10.2 Å². The molecule has 1 heterocycles. The Bertz CT molecular complexity index is 448. The van der Waals surface area contributed by atoms with Gasteiger partial charge < -0.3 is 15.5 Å². The molecule has 116 valence electrons. The Labute approximate surface area is 126 Å². The molecule has 0 aromatic heterocycles. The summed E-state index contributed by atoms with van der Waals surface area (Å²) in [5.74, 6) is 0.644. The number of rotatable bonds is 3. The maximum absolute atomic E-state index is 9.86. The Hall–Kier alpha value is -1.26. The van der Waals surface area contributed by atoms with E-state index in [1.165, 1.54) is 32.1 Å². The topological polar surface area (TPSA) is 55.7 Å². The summed E-state index contributed by atoms with van der Waals surface area (Å²) >= 11 is 0. The van der Waals surface area contributed by atoms with Crippen molar-refractivity contribution in [1.82, 2.24) is 10.2 Å². The maximum atomic E-state index is 9.86. The van der Waals surface area contributed by atoms with Crippen LogP contribution < -0.4 is 5.32 Å². The summed E-state index contributed by atoms with van der Waals surface area (Å²) in [6.07, 6.45) is 6.53. The van der Waals surface area contributed by atoms with E-state index in [1.54, 1.807) is 12.1 Å². The first kappa shape index (κ1) is 14.7. The van der Waals surface area contributed by atoms with Crippen LogP contribution in [0, 0.1) is 5.92 Å². The molecule has 0 radical (unpaired) electrons. The Morgan fingerprint density at radius 2 is 1.71 bits per heavy atom. The zero-order valence-corrected chi connectivity index (χ0v) is 12.6. The summed E-state index contributed by atoms with van der Waals surface area (Å²) in [5.41, 5.74) is 1.15. The average Bonchev–Trinajstić information content (AvgIpc) is 2.53. The third-order valence-electron chi connectivity index (χ3n) is 4.98. The number of benzene rings is 1. The monoisotopic (exact) mass is 290 g/mol. The SMILES string of the molecule is Oc1ccc([C@H](C2CCCCC2)N2CCNCC2)cc1O. The summed E-state index contributed by atoms with van der Waals surface area (Å²) in [6, 6.07) is 5.74. The van der Waals surface area contributed by atoms with E-state index >= 15 is 0 Å². The smallest absolute Gasteiger partial charge is 0.157 e. The standard InChI is InChI=1S/C17H26N2O2/c20-15-7-6-14(12-16(15)21)17(13-4-2-1-3-5-13)19-10-8-18-9-11-19/h6-7,12-13,17-18,20-21H,1-5,8-11H2/t17-/m0/s1. The second-order valence-electron chi connectivity index (χ2n) is 6.38. The lowest BCUT2D eigenvalue weighted by molar-refractivity contribution is 0.103. The lowest BCUT2D eigenvalue weighted by Crippen LogP contribution is -2.47. The predicted octanol–water partition coefficient (Wildman–Crippen LogP) is 2.62. The average molecular weight is 290 g/mol. The molecule has 2 fully saturated rings. The van der Waals surface area contributed by atoms with Gasteiger partial charge in [-0.1, -0.05) is 25.3 Å². The Morgan fingerprint density at radius 1 is 1.00 bits per heavy atom. The molecular formula is C17H26N2O2. The van der Waals surface area contributed by atoms with Gasteiger partial charge in [0, 0.05) is 32.2 Å². The van der Waals surface area contributed by atoms with Gasteiger partial charge in [-0.2, -0.15) is 0 Å². The highest BCUT2D eigenvalue weighted by Crippen LogP contribution is 2.40. The molecule has 1 aromatic carbocycles. The van der Waals surface area contributed by atoms with Gasteiger partial charge in [0.1, 0.15) is 0 Å². The number of aromatic hydroxyl groups is 2. The van der Waals surface area contributed by atoms with Gasteiger partial charge in [-0.3, -0.25) is 4.90 Å². The normalized spacial score (nSPS) is 23.0. The largest absolute Gasteiger partial charge is 0.504 e. The van der Waals surface area contributed by atoms with E-state index in [4.69, 9.17) is 0 Å². The van der Waals surface area contributed by atoms with Crippen molar-refractivity contribution in [1.29, 1.82) is 0 Å². The van der Waals surface area contributed by atoms with Gasteiger partial charge in [0.2, 0.25) is 0 Å². The van der Waals surface area contributed by atoms with Crippen LogP contribution in [0.2, 0.25) is 0 Å². The van der Waals surface area contributed by atoms with Crippen molar-refractivity contribution in [3.8, 4) is 11.5 Å². The van der Waals surface area contributed by atoms with Crippen molar-refractivity contribution in [2.75, 3.05) is 26.2 Å². The van der Waals surface area contributed by atoms with Crippen LogP contribution >= 0.6 is 0 Å². The zero-order valence-electron chi connectivity index (χ0n) is 12.6. The summed E-state index contributed by atoms with van der Waals surface area (Å²) < 4.78 is 0. The lowest BCUT2D eigenvalue weighted by Gasteiger charge is -2.41. The Kier molecular flexibility index (Phi) is 4.66. The van der Waals surface area contributed by atoms with E-state index in [2.05, 4.69) is 10.2 Å². The number of hydrogen-bond donors (Lipinski definition) is 3. The van der Waals surface area contributed by atoms with Crippen LogP contribution in [0.3, 0.4) is 0 Å². The van der Waals surface area contributed by atoms with Crippen molar-refractivity contribution in [3.05, 3.63) is 23.8 Å². The van der Waals surface area contributed by atoms with E-state index in [-0.39, 0.29) is 11.5 Å². The number of hydrogen-bond acceptors (Lipinski definition) is 4. The minimum atomic E-state index is -0.0264. The first-order chi connectivity index (χ1) is 10.3. The van der Waals surface area contributed by atoms with Crippen LogP contribution in [0.15, 0.2) is 18.2 Å². The quantitative estimate of drug-likeness (QED) is 0.749. The van der Waals surface area contributed by atoms with E-state index in [0.29, 0.717) is 12.0 Å². The molecule has 4 nitrogen and oxygen atoms in total. The van der Waals surface area contributed by atoms with Crippen LogP contribution in [-0.4, -0.2) is 41.3 Å². The first-order valence-electron chi connectivity index (χ1n) is 8.22. The Balaban J connectivity index is 1.87. The molecule has 0 spiro atoms. The molecule has 2 aliphatic rings. The molecule has 3 N–H and O–H groups in total. The molecule has 0 amide bonds. The second kappa shape index (κ2) is 6.67. The van der Waals surface area contributed by atoms with Crippen molar-refractivity contribution in [3.63, 3.8) is 0 Å². The molecular weight excluding hydrogens is 264 g/mol.